The lowest BCUT2D eigenvalue weighted by molar-refractivity contribution is 0.0223. The molecule has 0 amide bonds. The average molecular weight is 278 g/mol. The molecule has 0 aromatic heterocycles. The van der Waals surface area contributed by atoms with Crippen molar-refractivity contribution in [1.29, 1.82) is 5.26 Å². The Hall–Kier alpha value is -2.17. The van der Waals surface area contributed by atoms with Gasteiger partial charge in [0.15, 0.2) is 11.5 Å². The van der Waals surface area contributed by atoms with Crippen LogP contribution >= 0.6 is 0 Å². The zero-order chi connectivity index (χ0) is 14.2. The van der Waals surface area contributed by atoms with E-state index in [2.05, 4.69) is 5.18 Å². The van der Waals surface area contributed by atoms with E-state index in [0.717, 1.165) is 0 Å². The van der Waals surface area contributed by atoms with Gasteiger partial charge in [0.25, 0.3) is 0 Å². The maximum atomic E-state index is 10.7. The Balaban J connectivity index is 2.24. The maximum absolute atomic E-state index is 10.7. The Morgan fingerprint density at radius 3 is 2.05 bits per heavy atom. The highest BCUT2D eigenvalue weighted by Crippen LogP contribution is 2.34. The summed E-state index contributed by atoms with van der Waals surface area (Å²) < 4.78 is 21.6. The third-order valence-electron chi connectivity index (χ3n) is 2.62. The Labute approximate surface area is 116 Å². The fraction of sp³-hybridized carbons (Fsp3) is 0.462. The first-order valence-electron chi connectivity index (χ1n) is 6.17. The quantitative estimate of drug-likeness (QED) is 0.727. The molecular formula is C13H14N2O5. The number of nitrogens with zero attached hydrogens (tertiary/aromatic N) is 2. The molecule has 2 rings (SSSR count). The normalized spacial score (nSPS) is 16.4. The van der Waals surface area contributed by atoms with Crippen molar-refractivity contribution in [3.05, 3.63) is 22.6 Å². The van der Waals surface area contributed by atoms with Crippen molar-refractivity contribution in [2.45, 2.75) is 0 Å². The zero-order valence-electron chi connectivity index (χ0n) is 10.8. The van der Waals surface area contributed by atoms with Gasteiger partial charge in [-0.25, -0.2) is 0 Å². The van der Waals surface area contributed by atoms with Crippen molar-refractivity contribution in [2.24, 2.45) is 5.18 Å². The topological polar surface area (TPSA) is 90.1 Å². The van der Waals surface area contributed by atoms with Gasteiger partial charge in [-0.05, 0) is 5.18 Å². The lowest BCUT2D eigenvalue weighted by atomic mass is 10.2. The van der Waals surface area contributed by atoms with Gasteiger partial charge < -0.3 is 18.9 Å². The minimum Gasteiger partial charge on any atom is -0.487 e. The molecule has 0 unspecified atom stereocenters. The SMILES string of the molecule is N#Cc1cc2c(cc1N=O)OCCOCCOCCO2. The van der Waals surface area contributed by atoms with E-state index in [1.807, 2.05) is 6.07 Å². The fourth-order valence-electron chi connectivity index (χ4n) is 1.68. The van der Waals surface area contributed by atoms with Gasteiger partial charge in [-0.1, -0.05) is 0 Å². The molecule has 1 aromatic rings. The number of hydrogen-bond acceptors (Lipinski definition) is 7. The number of fused-ring (bicyclic) bond motifs is 1. The van der Waals surface area contributed by atoms with Gasteiger partial charge in [-0.3, -0.25) is 0 Å². The molecule has 0 N–H and O–H groups in total. The highest BCUT2D eigenvalue weighted by molar-refractivity contribution is 5.61. The summed E-state index contributed by atoms with van der Waals surface area (Å²) >= 11 is 0. The van der Waals surface area contributed by atoms with Crippen molar-refractivity contribution in [1.82, 2.24) is 0 Å². The van der Waals surface area contributed by atoms with Crippen LogP contribution in [0.3, 0.4) is 0 Å². The molecule has 7 nitrogen and oxygen atoms in total. The molecular weight excluding hydrogens is 264 g/mol. The number of benzene rings is 1. The molecule has 106 valence electrons. The molecule has 0 spiro atoms. The van der Waals surface area contributed by atoms with Crippen LogP contribution in [0, 0.1) is 16.2 Å². The Morgan fingerprint density at radius 2 is 1.50 bits per heavy atom. The monoisotopic (exact) mass is 278 g/mol. The van der Waals surface area contributed by atoms with Crippen molar-refractivity contribution in [2.75, 3.05) is 39.6 Å². The predicted molar refractivity (Wildman–Crippen MR) is 69.2 cm³/mol. The van der Waals surface area contributed by atoms with Crippen LogP contribution in [-0.2, 0) is 9.47 Å². The predicted octanol–water partition coefficient (Wildman–Crippen LogP) is 1.76. The molecule has 7 heteroatoms. The van der Waals surface area contributed by atoms with E-state index in [0.29, 0.717) is 51.1 Å². The lowest BCUT2D eigenvalue weighted by Crippen LogP contribution is -2.15. The van der Waals surface area contributed by atoms with Gasteiger partial charge in [0.2, 0.25) is 0 Å². The van der Waals surface area contributed by atoms with E-state index in [1.54, 1.807) is 0 Å². The summed E-state index contributed by atoms with van der Waals surface area (Å²) in [7, 11) is 0. The van der Waals surface area contributed by atoms with E-state index < -0.39 is 0 Å². The number of ether oxygens (including phenoxy) is 4. The molecule has 0 aliphatic carbocycles. The van der Waals surface area contributed by atoms with Gasteiger partial charge in [-0.2, -0.15) is 5.26 Å². The van der Waals surface area contributed by atoms with Gasteiger partial charge in [0, 0.05) is 12.1 Å². The second-order valence-corrected chi connectivity index (χ2v) is 3.94. The molecule has 0 radical (unpaired) electrons. The number of hydrogen-bond donors (Lipinski definition) is 0. The number of nitroso groups, excluding NO2 is 1. The highest BCUT2D eigenvalue weighted by atomic mass is 16.6. The van der Waals surface area contributed by atoms with Crippen LogP contribution in [0.25, 0.3) is 0 Å². The molecule has 20 heavy (non-hydrogen) atoms. The molecule has 0 atom stereocenters. The maximum Gasteiger partial charge on any atom is 0.163 e. The summed E-state index contributed by atoms with van der Waals surface area (Å²) in [5, 5.41) is 11.8. The summed E-state index contributed by atoms with van der Waals surface area (Å²) in [6.45, 7) is 2.40. The number of rotatable bonds is 1. The lowest BCUT2D eigenvalue weighted by Gasteiger charge is -2.15. The second-order valence-electron chi connectivity index (χ2n) is 3.94. The molecule has 0 fully saturated rings. The third kappa shape index (κ3) is 3.66. The van der Waals surface area contributed by atoms with Gasteiger partial charge >= 0.3 is 0 Å². The van der Waals surface area contributed by atoms with Gasteiger partial charge in [0.1, 0.15) is 25.0 Å². The van der Waals surface area contributed by atoms with Crippen LogP contribution in [0.5, 0.6) is 11.5 Å². The minimum absolute atomic E-state index is 0.0270. The number of nitriles is 1. The van der Waals surface area contributed by atoms with Crippen molar-refractivity contribution in [3.63, 3.8) is 0 Å². The summed E-state index contributed by atoms with van der Waals surface area (Å²) in [5.74, 6) is 0.751. The van der Waals surface area contributed by atoms with Gasteiger partial charge in [-0.15, -0.1) is 4.91 Å². The molecule has 1 aliphatic rings. The molecule has 1 aromatic carbocycles. The average Bonchev–Trinajstić information content (AvgIpc) is 2.47. The van der Waals surface area contributed by atoms with E-state index in [-0.39, 0.29) is 11.3 Å². The molecule has 1 heterocycles. The Morgan fingerprint density at radius 1 is 0.950 bits per heavy atom. The van der Waals surface area contributed by atoms with E-state index in [1.165, 1.54) is 12.1 Å². The van der Waals surface area contributed by atoms with E-state index in [9.17, 15) is 4.91 Å². The Kier molecular flexibility index (Phi) is 5.29. The minimum atomic E-state index is 0.0270. The Bertz CT molecular complexity index is 512. The standard InChI is InChI=1S/C13H14N2O5/c14-9-10-7-12-13(8-11(10)15-16)20-6-4-18-2-1-17-3-5-19-12/h7-8H,1-6H2. The van der Waals surface area contributed by atoms with E-state index in [4.69, 9.17) is 24.2 Å². The summed E-state index contributed by atoms with van der Waals surface area (Å²) in [6, 6.07) is 4.74. The third-order valence-corrected chi connectivity index (χ3v) is 2.62. The molecule has 1 aliphatic heterocycles. The first kappa shape index (κ1) is 14.2. The van der Waals surface area contributed by atoms with Crippen molar-refractivity contribution in [3.8, 4) is 17.6 Å². The van der Waals surface area contributed by atoms with Gasteiger partial charge in [0.05, 0.1) is 32.0 Å². The molecule has 0 saturated carbocycles. The first-order valence-corrected chi connectivity index (χ1v) is 6.17. The van der Waals surface area contributed by atoms with Crippen LogP contribution < -0.4 is 9.47 Å². The first-order chi connectivity index (χ1) is 9.85. The van der Waals surface area contributed by atoms with Crippen LogP contribution in [0.2, 0.25) is 0 Å². The smallest absolute Gasteiger partial charge is 0.163 e. The van der Waals surface area contributed by atoms with Crippen LogP contribution in [0.15, 0.2) is 17.3 Å². The summed E-state index contributed by atoms with van der Waals surface area (Å²) in [4.78, 5) is 10.7. The second kappa shape index (κ2) is 7.43. The van der Waals surface area contributed by atoms with E-state index >= 15 is 0 Å². The van der Waals surface area contributed by atoms with Crippen LogP contribution in [0.1, 0.15) is 5.56 Å². The highest BCUT2D eigenvalue weighted by Gasteiger charge is 2.13. The zero-order valence-corrected chi connectivity index (χ0v) is 10.8. The summed E-state index contributed by atoms with van der Waals surface area (Å²) in [5.41, 5.74) is 0.172. The van der Waals surface area contributed by atoms with Crippen molar-refractivity contribution < 1.29 is 18.9 Å². The fourth-order valence-corrected chi connectivity index (χ4v) is 1.68. The van der Waals surface area contributed by atoms with Crippen LogP contribution in [-0.4, -0.2) is 39.6 Å². The van der Waals surface area contributed by atoms with Crippen LogP contribution in [0.4, 0.5) is 5.69 Å². The largest absolute Gasteiger partial charge is 0.487 e. The van der Waals surface area contributed by atoms with Crippen molar-refractivity contribution >= 4 is 5.69 Å². The summed E-state index contributed by atoms with van der Waals surface area (Å²) in [6.07, 6.45) is 0. The molecule has 0 bridgehead atoms. The molecule has 0 saturated heterocycles.